The zero-order valence-electron chi connectivity index (χ0n) is 14.4. The van der Waals surface area contributed by atoms with Gasteiger partial charge >= 0.3 is 5.97 Å². The van der Waals surface area contributed by atoms with E-state index in [1.165, 1.54) is 0 Å². The molecule has 0 saturated carbocycles. The number of carboxylic acids is 1. The number of benzene rings is 3. The summed E-state index contributed by atoms with van der Waals surface area (Å²) < 4.78 is 30.9. The topological polar surface area (TPSA) is 57.5 Å². The van der Waals surface area contributed by atoms with Crippen LogP contribution in [0.15, 0.2) is 68.1 Å². The summed E-state index contributed by atoms with van der Waals surface area (Å²) in [6, 6.07) is 14.0. The molecule has 3 rings (SSSR count). The molecule has 0 heterocycles. The molecular weight excluding hydrogens is 517 g/mol. The summed E-state index contributed by atoms with van der Waals surface area (Å²) in [5.74, 6) is -4.86. The van der Waals surface area contributed by atoms with Crippen molar-refractivity contribution >= 4 is 52.1 Å². The van der Waals surface area contributed by atoms with E-state index >= 15 is 4.39 Å². The largest absolute Gasteiger partial charge is 0.506 e. The molecule has 3 nitrogen and oxygen atoms in total. The third kappa shape index (κ3) is 4.44. The second-order valence-electron chi connectivity index (χ2n) is 5.79. The van der Waals surface area contributed by atoms with Crippen LogP contribution in [-0.2, 0) is 0 Å². The van der Waals surface area contributed by atoms with Gasteiger partial charge in [-0.25, -0.2) is 13.6 Å². The van der Waals surface area contributed by atoms with Crippen LogP contribution in [0.25, 0.3) is 0 Å². The summed E-state index contributed by atoms with van der Waals surface area (Å²) in [4.78, 5) is 11.9. The predicted molar refractivity (Wildman–Crippen MR) is 114 cm³/mol. The van der Waals surface area contributed by atoms with E-state index in [0.29, 0.717) is 9.79 Å². The van der Waals surface area contributed by atoms with Gasteiger partial charge in [-0.05, 0) is 65.9 Å². The van der Waals surface area contributed by atoms with Crippen molar-refractivity contribution in [2.75, 3.05) is 0 Å². The Bertz CT molecular complexity index is 964. The molecule has 0 bridgehead atoms. The van der Waals surface area contributed by atoms with Gasteiger partial charge in [-0.15, -0.1) is 0 Å². The minimum atomic E-state index is -1.66. The van der Waals surface area contributed by atoms with E-state index in [1.807, 2.05) is 6.92 Å². The normalized spacial score (nSPS) is 10.9. The number of rotatable bonds is 5. The van der Waals surface area contributed by atoms with Crippen LogP contribution >= 0.6 is 46.1 Å². The predicted octanol–water partition coefficient (Wildman–Crippen LogP) is 6.58. The number of carbonyl (C=O) groups is 1. The van der Waals surface area contributed by atoms with Crippen molar-refractivity contribution < 1.29 is 23.8 Å². The molecule has 144 valence electrons. The molecule has 0 amide bonds. The molecule has 0 atom stereocenters. The van der Waals surface area contributed by atoms with Gasteiger partial charge in [0.2, 0.25) is 0 Å². The lowest BCUT2D eigenvalue weighted by Crippen LogP contribution is -2.06. The Labute approximate surface area is 182 Å². The zero-order chi connectivity index (χ0) is 20.4. The van der Waals surface area contributed by atoms with E-state index in [-0.39, 0.29) is 4.90 Å². The molecule has 0 unspecified atom stereocenters. The number of hydrogen-bond acceptors (Lipinski definition) is 4. The van der Waals surface area contributed by atoms with Crippen LogP contribution in [-0.4, -0.2) is 16.2 Å². The SMILES string of the molecule is Cc1ccc(Sc2c(O)c(C(=O)O)c(F)c(Sc3ccc(I)cc3)c2F)cc1. The molecule has 2 N–H and O–H groups in total. The molecule has 3 aromatic rings. The summed E-state index contributed by atoms with van der Waals surface area (Å²) in [6.45, 7) is 1.89. The Hall–Kier alpha value is -1.78. The highest BCUT2D eigenvalue weighted by molar-refractivity contribution is 14.1. The first kappa shape index (κ1) is 20.9. The van der Waals surface area contributed by atoms with Gasteiger partial charge in [0.05, 0.1) is 9.79 Å². The summed E-state index contributed by atoms with van der Waals surface area (Å²) in [5, 5.41) is 19.6. The Morgan fingerprint density at radius 1 is 0.893 bits per heavy atom. The van der Waals surface area contributed by atoms with Gasteiger partial charge in [-0.1, -0.05) is 41.2 Å². The van der Waals surface area contributed by atoms with Crippen LogP contribution in [0.1, 0.15) is 15.9 Å². The van der Waals surface area contributed by atoms with Gasteiger partial charge in [0.25, 0.3) is 0 Å². The van der Waals surface area contributed by atoms with E-state index < -0.39 is 33.8 Å². The van der Waals surface area contributed by atoms with Crippen LogP contribution in [0.5, 0.6) is 5.75 Å². The lowest BCUT2D eigenvalue weighted by molar-refractivity contribution is 0.0686. The number of carboxylic acid groups (broad SMARTS) is 1. The molecule has 3 aromatic carbocycles. The van der Waals surface area contributed by atoms with Crippen LogP contribution in [0.2, 0.25) is 0 Å². The zero-order valence-corrected chi connectivity index (χ0v) is 18.2. The highest BCUT2D eigenvalue weighted by Crippen LogP contribution is 2.45. The first-order valence-corrected chi connectivity index (χ1v) is 10.6. The van der Waals surface area contributed by atoms with Crippen LogP contribution < -0.4 is 0 Å². The standard InChI is InChI=1S/C20H13F2IO3S2/c1-10-2-6-12(7-3-10)28-19-16(22)18(15(21)14(17(19)24)20(25)26)27-13-8-4-11(23)5-9-13/h2-9,24H,1H3,(H,25,26). The Morgan fingerprint density at radius 3 is 1.93 bits per heavy atom. The molecule has 0 fully saturated rings. The third-order valence-corrected chi connectivity index (χ3v) is 6.63. The van der Waals surface area contributed by atoms with Crippen molar-refractivity contribution in [2.45, 2.75) is 26.5 Å². The molecule has 0 aliphatic rings. The lowest BCUT2D eigenvalue weighted by Gasteiger charge is -2.14. The molecule has 0 aliphatic heterocycles. The molecule has 0 spiro atoms. The van der Waals surface area contributed by atoms with E-state index in [9.17, 15) is 19.4 Å². The molecule has 0 aromatic heterocycles. The van der Waals surface area contributed by atoms with Gasteiger partial charge in [0.15, 0.2) is 11.6 Å². The number of phenols is 1. The van der Waals surface area contributed by atoms with Gasteiger partial charge in [-0.3, -0.25) is 0 Å². The quantitative estimate of drug-likeness (QED) is 0.365. The summed E-state index contributed by atoms with van der Waals surface area (Å²) in [5.41, 5.74) is 0.0540. The van der Waals surface area contributed by atoms with Crippen molar-refractivity contribution in [3.8, 4) is 5.75 Å². The number of hydrogen-bond donors (Lipinski definition) is 2. The van der Waals surface area contributed by atoms with E-state index in [2.05, 4.69) is 22.6 Å². The number of aryl methyl sites for hydroxylation is 1. The number of aromatic carboxylic acids is 1. The summed E-state index contributed by atoms with van der Waals surface area (Å²) in [6.07, 6.45) is 0. The first-order chi connectivity index (χ1) is 13.3. The Morgan fingerprint density at radius 2 is 1.39 bits per heavy atom. The Kier molecular flexibility index (Phi) is 6.51. The molecular formula is C20H13F2IO3S2. The molecule has 0 aliphatic carbocycles. The van der Waals surface area contributed by atoms with Gasteiger partial charge in [-0.2, -0.15) is 0 Å². The van der Waals surface area contributed by atoms with Crippen molar-refractivity contribution in [3.05, 3.63) is 74.9 Å². The monoisotopic (exact) mass is 530 g/mol. The fraction of sp³-hybridized carbons (Fsp3) is 0.0500. The fourth-order valence-electron chi connectivity index (χ4n) is 2.36. The molecule has 0 radical (unpaired) electrons. The van der Waals surface area contributed by atoms with Crippen LogP contribution in [0.4, 0.5) is 8.78 Å². The smallest absolute Gasteiger partial charge is 0.342 e. The van der Waals surface area contributed by atoms with E-state index in [1.54, 1.807) is 48.5 Å². The van der Waals surface area contributed by atoms with Crippen molar-refractivity contribution in [1.29, 1.82) is 0 Å². The molecule has 0 saturated heterocycles. The van der Waals surface area contributed by atoms with Gasteiger partial charge < -0.3 is 10.2 Å². The lowest BCUT2D eigenvalue weighted by atomic mass is 10.2. The average Bonchev–Trinajstić information content (AvgIpc) is 2.65. The van der Waals surface area contributed by atoms with Crippen molar-refractivity contribution in [2.24, 2.45) is 0 Å². The first-order valence-electron chi connectivity index (χ1n) is 7.93. The number of halogens is 3. The average molecular weight is 530 g/mol. The highest BCUT2D eigenvalue weighted by Gasteiger charge is 2.29. The number of aromatic hydroxyl groups is 1. The highest BCUT2D eigenvalue weighted by atomic mass is 127. The van der Waals surface area contributed by atoms with Crippen LogP contribution in [0.3, 0.4) is 0 Å². The van der Waals surface area contributed by atoms with Crippen molar-refractivity contribution in [1.82, 2.24) is 0 Å². The summed E-state index contributed by atoms with van der Waals surface area (Å²) >= 11 is 3.73. The van der Waals surface area contributed by atoms with Gasteiger partial charge in [0.1, 0.15) is 11.3 Å². The minimum absolute atomic E-state index is 0.323. The maximum Gasteiger partial charge on any atom is 0.342 e. The molecule has 8 heteroatoms. The Balaban J connectivity index is 2.12. The second-order valence-corrected chi connectivity index (χ2v) is 9.20. The minimum Gasteiger partial charge on any atom is -0.506 e. The maximum absolute atomic E-state index is 15.1. The van der Waals surface area contributed by atoms with Crippen LogP contribution in [0, 0.1) is 22.1 Å². The van der Waals surface area contributed by atoms with Crippen molar-refractivity contribution in [3.63, 3.8) is 0 Å². The summed E-state index contributed by atoms with van der Waals surface area (Å²) in [7, 11) is 0. The second kappa shape index (κ2) is 8.71. The third-order valence-electron chi connectivity index (χ3n) is 3.76. The van der Waals surface area contributed by atoms with E-state index in [4.69, 9.17) is 0 Å². The maximum atomic E-state index is 15.1. The molecule has 28 heavy (non-hydrogen) atoms. The fourth-order valence-corrected chi connectivity index (χ4v) is 4.57. The van der Waals surface area contributed by atoms with Gasteiger partial charge in [0, 0.05) is 13.4 Å². The van der Waals surface area contributed by atoms with E-state index in [0.717, 1.165) is 32.7 Å².